The van der Waals surface area contributed by atoms with E-state index in [1.54, 1.807) is 0 Å². The highest BCUT2D eigenvalue weighted by Crippen LogP contribution is 2.44. The van der Waals surface area contributed by atoms with Gasteiger partial charge < -0.3 is 11.5 Å². The summed E-state index contributed by atoms with van der Waals surface area (Å²) in [5.74, 6) is 1.01. The van der Waals surface area contributed by atoms with Gasteiger partial charge in [0, 0.05) is 23.1 Å². The first kappa shape index (κ1) is 13.3. The summed E-state index contributed by atoms with van der Waals surface area (Å²) in [6, 6.07) is 0.339. The van der Waals surface area contributed by atoms with Crippen LogP contribution in [0.15, 0.2) is 0 Å². The van der Waals surface area contributed by atoms with Crippen molar-refractivity contribution < 1.29 is 0 Å². The molecule has 4 N–H and O–H groups in total. The van der Waals surface area contributed by atoms with Crippen molar-refractivity contribution in [3.8, 4) is 0 Å². The van der Waals surface area contributed by atoms with E-state index in [1.807, 2.05) is 11.8 Å². The zero-order valence-corrected chi connectivity index (χ0v) is 11.5. The van der Waals surface area contributed by atoms with Gasteiger partial charge in [0.15, 0.2) is 0 Å². The van der Waals surface area contributed by atoms with Gasteiger partial charge in [-0.25, -0.2) is 0 Å². The lowest BCUT2D eigenvalue weighted by Gasteiger charge is -2.39. The fraction of sp³-hybridized carbons (Fsp3) is 1.00. The number of rotatable bonds is 2. The third kappa shape index (κ3) is 3.36. The summed E-state index contributed by atoms with van der Waals surface area (Å²) in [5, 5.41) is 0.506. The van der Waals surface area contributed by atoms with Crippen LogP contribution >= 0.6 is 11.8 Å². The van der Waals surface area contributed by atoms with Gasteiger partial charge in [-0.2, -0.15) is 11.8 Å². The summed E-state index contributed by atoms with van der Waals surface area (Å²) in [6.45, 7) is 11.5. The third-order valence-corrected chi connectivity index (χ3v) is 4.96. The summed E-state index contributed by atoms with van der Waals surface area (Å²) >= 11 is 1.96. The predicted octanol–water partition coefficient (Wildman–Crippen LogP) is 2.22. The number of nitrogens with two attached hydrogens (primary N) is 2. The average molecular weight is 230 g/mol. The maximum absolute atomic E-state index is 6.18. The van der Waals surface area contributed by atoms with Crippen molar-refractivity contribution in [2.24, 2.45) is 22.3 Å². The van der Waals surface area contributed by atoms with Gasteiger partial charge in [0.25, 0.3) is 0 Å². The highest BCUT2D eigenvalue weighted by Gasteiger charge is 2.43. The normalized spacial score (nSPS) is 33.4. The lowest BCUT2D eigenvalue weighted by molar-refractivity contribution is 0.195. The maximum atomic E-state index is 6.18. The molecule has 1 fully saturated rings. The molecule has 0 amide bonds. The Kier molecular flexibility index (Phi) is 3.79. The van der Waals surface area contributed by atoms with Gasteiger partial charge >= 0.3 is 0 Å². The standard InChI is InChI=1S/C12H26N2S/c1-11(2,3)7-12(4,5)10-9(14)8(13)6-15-10/h8-10H,6-7,13-14H2,1-5H3. The first-order valence-corrected chi connectivity index (χ1v) is 6.81. The van der Waals surface area contributed by atoms with Crippen LogP contribution in [-0.2, 0) is 0 Å². The molecule has 0 saturated carbocycles. The Bertz CT molecular complexity index is 220. The minimum absolute atomic E-state index is 0.160. The Labute approximate surface area is 98.6 Å². The van der Waals surface area contributed by atoms with Crippen LogP contribution in [0.5, 0.6) is 0 Å². The SMILES string of the molecule is CC(C)(C)CC(C)(C)C1SCC(N)C1N. The minimum Gasteiger partial charge on any atom is -0.326 e. The quantitative estimate of drug-likeness (QED) is 0.765. The molecule has 0 aliphatic carbocycles. The van der Waals surface area contributed by atoms with E-state index in [0.717, 1.165) is 5.75 Å². The molecule has 0 aromatic rings. The second-order valence-corrected chi connectivity index (χ2v) is 7.90. The van der Waals surface area contributed by atoms with Gasteiger partial charge in [-0.05, 0) is 17.3 Å². The third-order valence-electron chi connectivity index (χ3n) is 3.07. The molecule has 3 unspecified atom stereocenters. The minimum atomic E-state index is 0.160. The summed E-state index contributed by atoms with van der Waals surface area (Å²) in [6.07, 6.45) is 1.19. The molecule has 0 spiro atoms. The molecule has 1 rings (SSSR count). The molecule has 3 heteroatoms. The van der Waals surface area contributed by atoms with E-state index in [0.29, 0.717) is 10.7 Å². The molecule has 0 radical (unpaired) electrons. The number of hydrogen-bond acceptors (Lipinski definition) is 3. The summed E-state index contributed by atoms with van der Waals surface area (Å²) in [5.41, 5.74) is 12.8. The average Bonchev–Trinajstić information content (AvgIpc) is 2.27. The molecule has 1 aliphatic rings. The van der Waals surface area contributed by atoms with Gasteiger partial charge in [-0.15, -0.1) is 0 Å². The lowest BCUT2D eigenvalue weighted by Crippen LogP contribution is -2.49. The molecule has 2 nitrogen and oxygen atoms in total. The van der Waals surface area contributed by atoms with Crippen molar-refractivity contribution in [3.05, 3.63) is 0 Å². The number of hydrogen-bond donors (Lipinski definition) is 2. The molecule has 1 heterocycles. The van der Waals surface area contributed by atoms with Crippen LogP contribution in [0.4, 0.5) is 0 Å². The second-order valence-electron chi connectivity index (χ2n) is 6.72. The van der Waals surface area contributed by atoms with Gasteiger partial charge in [0.1, 0.15) is 0 Å². The van der Waals surface area contributed by atoms with Crippen molar-refractivity contribution in [3.63, 3.8) is 0 Å². The van der Waals surface area contributed by atoms with E-state index in [-0.39, 0.29) is 17.5 Å². The van der Waals surface area contributed by atoms with Gasteiger partial charge in [0.2, 0.25) is 0 Å². The van der Waals surface area contributed by atoms with E-state index >= 15 is 0 Å². The van der Waals surface area contributed by atoms with Crippen LogP contribution in [0, 0.1) is 10.8 Å². The fourth-order valence-electron chi connectivity index (χ4n) is 2.88. The molecule has 0 bridgehead atoms. The van der Waals surface area contributed by atoms with E-state index in [2.05, 4.69) is 34.6 Å². The van der Waals surface area contributed by atoms with E-state index in [4.69, 9.17) is 11.5 Å². The lowest BCUT2D eigenvalue weighted by atomic mass is 9.72. The van der Waals surface area contributed by atoms with Gasteiger partial charge in [-0.1, -0.05) is 34.6 Å². The highest BCUT2D eigenvalue weighted by atomic mass is 32.2. The largest absolute Gasteiger partial charge is 0.326 e. The first-order valence-electron chi connectivity index (χ1n) is 5.76. The van der Waals surface area contributed by atoms with Gasteiger partial charge in [-0.3, -0.25) is 0 Å². The zero-order valence-electron chi connectivity index (χ0n) is 10.7. The van der Waals surface area contributed by atoms with Crippen molar-refractivity contribution in [1.29, 1.82) is 0 Å². The van der Waals surface area contributed by atoms with E-state index < -0.39 is 0 Å². The monoisotopic (exact) mass is 230 g/mol. The van der Waals surface area contributed by atoms with Crippen LogP contribution < -0.4 is 11.5 Å². The van der Waals surface area contributed by atoms with Crippen LogP contribution in [0.2, 0.25) is 0 Å². The van der Waals surface area contributed by atoms with Crippen molar-refractivity contribution in [1.82, 2.24) is 0 Å². The topological polar surface area (TPSA) is 52.0 Å². The highest BCUT2D eigenvalue weighted by molar-refractivity contribution is 8.00. The van der Waals surface area contributed by atoms with E-state index in [9.17, 15) is 0 Å². The Morgan fingerprint density at radius 3 is 2.00 bits per heavy atom. The molecule has 1 aliphatic heterocycles. The Morgan fingerprint density at radius 1 is 1.13 bits per heavy atom. The molecule has 15 heavy (non-hydrogen) atoms. The van der Waals surface area contributed by atoms with Gasteiger partial charge in [0.05, 0.1) is 0 Å². The summed E-state index contributed by atoms with van der Waals surface area (Å²) in [4.78, 5) is 0. The number of thioether (sulfide) groups is 1. The van der Waals surface area contributed by atoms with Crippen molar-refractivity contribution in [2.75, 3.05) is 5.75 Å². The molecular formula is C12H26N2S. The van der Waals surface area contributed by atoms with Crippen LogP contribution in [-0.4, -0.2) is 23.1 Å². The molecular weight excluding hydrogens is 204 g/mol. The maximum Gasteiger partial charge on any atom is 0.0326 e. The first-order chi connectivity index (χ1) is 6.63. The summed E-state index contributed by atoms with van der Waals surface area (Å²) in [7, 11) is 0. The van der Waals surface area contributed by atoms with Crippen LogP contribution in [0.3, 0.4) is 0 Å². The van der Waals surface area contributed by atoms with Crippen LogP contribution in [0.1, 0.15) is 41.0 Å². The molecule has 0 aromatic carbocycles. The smallest absolute Gasteiger partial charge is 0.0326 e. The Hall–Kier alpha value is 0.270. The Morgan fingerprint density at radius 2 is 1.67 bits per heavy atom. The molecule has 3 atom stereocenters. The van der Waals surface area contributed by atoms with Crippen molar-refractivity contribution in [2.45, 2.75) is 58.4 Å². The zero-order chi connectivity index (χ0) is 11.9. The molecule has 1 saturated heterocycles. The Balaban J connectivity index is 2.69. The van der Waals surface area contributed by atoms with Crippen LogP contribution in [0.25, 0.3) is 0 Å². The molecule has 0 aromatic heterocycles. The van der Waals surface area contributed by atoms with Crippen molar-refractivity contribution >= 4 is 11.8 Å². The molecule has 90 valence electrons. The van der Waals surface area contributed by atoms with E-state index in [1.165, 1.54) is 6.42 Å². The predicted molar refractivity (Wildman–Crippen MR) is 70.0 cm³/mol. The fourth-order valence-corrected chi connectivity index (χ4v) is 4.49. The second kappa shape index (κ2) is 4.27. The summed E-state index contributed by atoms with van der Waals surface area (Å²) < 4.78 is 0.